The largest absolute Gasteiger partial charge is 0.260 e. The van der Waals surface area contributed by atoms with E-state index in [9.17, 15) is 0 Å². The van der Waals surface area contributed by atoms with Gasteiger partial charge in [0.1, 0.15) is 0 Å². The average molecular weight is 446 g/mol. The SMILES string of the molecule is Cc1ccc(C(C)(C)C)cc1.Cc1ccc(C(C)(C)C)nc1.Cc1cccc(C(C)(C)C)c1. The number of benzene rings is 2. The molecule has 0 fully saturated rings. The summed E-state index contributed by atoms with van der Waals surface area (Å²) >= 11 is 0. The van der Waals surface area contributed by atoms with E-state index < -0.39 is 0 Å². The molecule has 0 atom stereocenters. The molecule has 1 heteroatoms. The highest BCUT2D eigenvalue weighted by atomic mass is 14.7. The summed E-state index contributed by atoms with van der Waals surface area (Å²) in [6.45, 7) is 26.2. The highest BCUT2D eigenvalue weighted by Gasteiger charge is 2.14. The Morgan fingerprint density at radius 2 is 1.00 bits per heavy atom. The van der Waals surface area contributed by atoms with Crippen molar-refractivity contribution in [2.24, 2.45) is 0 Å². The van der Waals surface area contributed by atoms with Gasteiger partial charge < -0.3 is 0 Å². The molecule has 0 bridgehead atoms. The van der Waals surface area contributed by atoms with Gasteiger partial charge in [0.15, 0.2) is 0 Å². The van der Waals surface area contributed by atoms with Crippen LogP contribution >= 0.6 is 0 Å². The maximum atomic E-state index is 4.35. The Morgan fingerprint density at radius 1 is 0.485 bits per heavy atom. The molecule has 1 heterocycles. The van der Waals surface area contributed by atoms with Crippen molar-refractivity contribution in [1.82, 2.24) is 4.98 Å². The van der Waals surface area contributed by atoms with Crippen LogP contribution in [0.1, 0.15) is 95.8 Å². The third-order valence-electron chi connectivity index (χ3n) is 5.48. The molecule has 0 N–H and O–H groups in total. The first-order valence-electron chi connectivity index (χ1n) is 12.1. The number of aryl methyl sites for hydroxylation is 3. The first kappa shape index (κ1) is 28.6. The van der Waals surface area contributed by atoms with Gasteiger partial charge in [-0.25, -0.2) is 0 Å². The number of pyridine rings is 1. The summed E-state index contributed by atoms with van der Waals surface area (Å²) in [6, 6.07) is 21.6. The van der Waals surface area contributed by atoms with E-state index in [2.05, 4.69) is 149 Å². The average Bonchev–Trinajstić information content (AvgIpc) is 2.68. The van der Waals surface area contributed by atoms with Crippen LogP contribution < -0.4 is 0 Å². The van der Waals surface area contributed by atoms with Crippen molar-refractivity contribution in [3.63, 3.8) is 0 Å². The molecule has 1 aromatic heterocycles. The zero-order valence-corrected chi connectivity index (χ0v) is 23.3. The second-order valence-corrected chi connectivity index (χ2v) is 12.2. The molecule has 1 nitrogen and oxygen atoms in total. The van der Waals surface area contributed by atoms with Gasteiger partial charge in [-0.15, -0.1) is 0 Å². The molecule has 3 rings (SSSR count). The maximum Gasteiger partial charge on any atom is 0.0457 e. The van der Waals surface area contributed by atoms with Gasteiger partial charge in [0.05, 0.1) is 0 Å². The van der Waals surface area contributed by atoms with E-state index in [0.29, 0.717) is 0 Å². The normalized spacial score (nSPS) is 11.6. The molecule has 0 amide bonds. The smallest absolute Gasteiger partial charge is 0.0457 e. The van der Waals surface area contributed by atoms with Gasteiger partial charge in [0, 0.05) is 17.3 Å². The van der Waals surface area contributed by atoms with Crippen LogP contribution in [0.2, 0.25) is 0 Å². The summed E-state index contributed by atoms with van der Waals surface area (Å²) in [7, 11) is 0. The minimum absolute atomic E-state index is 0.174. The lowest BCUT2D eigenvalue weighted by molar-refractivity contribution is 0.568. The van der Waals surface area contributed by atoms with E-state index in [1.54, 1.807) is 0 Å². The number of hydrogen-bond acceptors (Lipinski definition) is 1. The molecule has 0 saturated carbocycles. The second-order valence-electron chi connectivity index (χ2n) is 12.2. The van der Waals surface area contributed by atoms with Crippen LogP contribution in [0.25, 0.3) is 0 Å². The molecule has 0 unspecified atom stereocenters. The quantitative estimate of drug-likeness (QED) is 0.336. The number of aromatic nitrogens is 1. The van der Waals surface area contributed by atoms with E-state index >= 15 is 0 Å². The van der Waals surface area contributed by atoms with Gasteiger partial charge in [-0.1, -0.05) is 128 Å². The van der Waals surface area contributed by atoms with Gasteiger partial charge >= 0.3 is 0 Å². The zero-order valence-electron chi connectivity index (χ0n) is 23.3. The van der Waals surface area contributed by atoms with Crippen molar-refractivity contribution >= 4 is 0 Å². The fourth-order valence-corrected chi connectivity index (χ4v) is 3.08. The summed E-state index contributed by atoms with van der Waals surface area (Å²) in [6.07, 6.45) is 1.92. The van der Waals surface area contributed by atoms with Gasteiger partial charge in [0.25, 0.3) is 0 Å². The highest BCUT2D eigenvalue weighted by Crippen LogP contribution is 2.23. The Morgan fingerprint density at radius 3 is 1.36 bits per heavy atom. The fraction of sp³-hybridized carbons (Fsp3) is 0.469. The second kappa shape index (κ2) is 11.6. The van der Waals surface area contributed by atoms with E-state index in [1.165, 1.54) is 27.8 Å². The number of rotatable bonds is 0. The van der Waals surface area contributed by atoms with Crippen molar-refractivity contribution in [2.75, 3.05) is 0 Å². The van der Waals surface area contributed by atoms with Crippen LogP contribution in [0.4, 0.5) is 0 Å². The Labute approximate surface area is 204 Å². The minimum Gasteiger partial charge on any atom is -0.260 e. The van der Waals surface area contributed by atoms with Gasteiger partial charge in [0.2, 0.25) is 0 Å². The lowest BCUT2D eigenvalue weighted by Crippen LogP contribution is -2.12. The van der Waals surface area contributed by atoms with Crippen LogP contribution in [-0.2, 0) is 16.2 Å². The molecule has 2 aromatic carbocycles. The van der Waals surface area contributed by atoms with Crippen LogP contribution in [0.3, 0.4) is 0 Å². The molecule has 0 aliphatic rings. The lowest BCUT2D eigenvalue weighted by atomic mass is 9.86. The van der Waals surface area contributed by atoms with Crippen molar-refractivity contribution in [3.05, 3.63) is 100 Å². The molecular weight excluding hydrogens is 398 g/mol. The maximum absolute atomic E-state index is 4.35. The van der Waals surface area contributed by atoms with Crippen molar-refractivity contribution in [3.8, 4) is 0 Å². The topological polar surface area (TPSA) is 12.9 Å². The van der Waals surface area contributed by atoms with E-state index in [1.807, 2.05) is 6.20 Å². The van der Waals surface area contributed by atoms with Crippen molar-refractivity contribution < 1.29 is 0 Å². The Hall–Kier alpha value is -2.41. The van der Waals surface area contributed by atoms with E-state index in [0.717, 1.165) is 5.69 Å². The molecular formula is C32H47N. The minimum atomic E-state index is 0.174. The van der Waals surface area contributed by atoms with E-state index in [4.69, 9.17) is 0 Å². The van der Waals surface area contributed by atoms with Crippen molar-refractivity contribution in [1.29, 1.82) is 0 Å². The third kappa shape index (κ3) is 10.8. The van der Waals surface area contributed by atoms with E-state index in [-0.39, 0.29) is 16.2 Å². The van der Waals surface area contributed by atoms with Gasteiger partial charge in [-0.2, -0.15) is 0 Å². The molecule has 33 heavy (non-hydrogen) atoms. The molecule has 0 aliphatic carbocycles. The first-order valence-corrected chi connectivity index (χ1v) is 12.1. The zero-order chi connectivity index (χ0) is 25.4. The summed E-state index contributed by atoms with van der Waals surface area (Å²) in [4.78, 5) is 4.35. The van der Waals surface area contributed by atoms with Crippen molar-refractivity contribution in [2.45, 2.75) is 99.3 Å². The number of nitrogens with zero attached hydrogens (tertiary/aromatic N) is 1. The van der Waals surface area contributed by atoms with Crippen LogP contribution in [0.5, 0.6) is 0 Å². The molecule has 0 radical (unpaired) electrons. The summed E-state index contributed by atoms with van der Waals surface area (Å²) < 4.78 is 0. The van der Waals surface area contributed by atoms with Gasteiger partial charge in [-0.3, -0.25) is 4.98 Å². The predicted molar refractivity (Wildman–Crippen MR) is 147 cm³/mol. The summed E-state index contributed by atoms with van der Waals surface area (Å²) in [5.41, 5.74) is 8.62. The molecule has 180 valence electrons. The molecule has 3 aromatic rings. The summed E-state index contributed by atoms with van der Waals surface area (Å²) in [5.74, 6) is 0. The summed E-state index contributed by atoms with van der Waals surface area (Å²) in [5, 5.41) is 0. The lowest BCUT2D eigenvalue weighted by Gasteiger charge is -2.19. The Kier molecular flexibility index (Phi) is 10.1. The van der Waals surface area contributed by atoms with Gasteiger partial charge in [-0.05, 0) is 54.4 Å². The first-order chi connectivity index (χ1) is 15.0. The molecule has 0 aliphatic heterocycles. The third-order valence-corrected chi connectivity index (χ3v) is 5.48. The Bertz CT molecular complexity index is 902. The highest BCUT2D eigenvalue weighted by molar-refractivity contribution is 5.28. The fourth-order valence-electron chi connectivity index (χ4n) is 3.08. The van der Waals surface area contributed by atoms with Crippen LogP contribution in [-0.4, -0.2) is 4.98 Å². The standard InChI is InChI=1S/2C11H16.C10H15N/c1-9-5-7-10(8-6-9)11(2,3)4;1-9-6-5-7-10(8-9)11(2,3)4;1-8-5-6-9(11-7-8)10(2,3)4/h2*5-8H,1-4H3;5-7H,1-4H3. The predicted octanol–water partition coefficient (Wildman–Crippen LogP) is 9.27. The molecule has 0 spiro atoms. The van der Waals surface area contributed by atoms with Crippen LogP contribution in [0, 0.1) is 20.8 Å². The monoisotopic (exact) mass is 445 g/mol. The molecule has 0 saturated heterocycles. The number of hydrogen-bond donors (Lipinski definition) is 0. The Balaban J connectivity index is 0.000000247. The van der Waals surface area contributed by atoms with Crippen LogP contribution in [0.15, 0.2) is 66.9 Å².